The molecule has 0 saturated heterocycles. The molecule has 0 fully saturated rings. The number of aryl methyl sites for hydroxylation is 1. The monoisotopic (exact) mass is 336 g/mol. The van der Waals surface area contributed by atoms with Gasteiger partial charge in [0.1, 0.15) is 10.8 Å². The molecule has 0 spiro atoms. The van der Waals surface area contributed by atoms with Gasteiger partial charge in [0.2, 0.25) is 5.88 Å². The number of hydrogen-bond acceptors (Lipinski definition) is 6. The molecule has 0 aliphatic carbocycles. The second-order valence-corrected chi connectivity index (χ2v) is 6.39. The van der Waals surface area contributed by atoms with Crippen LogP contribution in [0.4, 0.5) is 0 Å². The van der Waals surface area contributed by atoms with Crippen molar-refractivity contribution in [2.75, 3.05) is 14.2 Å². The molecule has 0 aliphatic heterocycles. The van der Waals surface area contributed by atoms with Gasteiger partial charge in [-0.3, -0.25) is 0 Å². The Balaban J connectivity index is 1.95. The van der Waals surface area contributed by atoms with Gasteiger partial charge in [-0.05, 0) is 36.8 Å². The van der Waals surface area contributed by atoms with E-state index in [0.29, 0.717) is 5.88 Å². The summed E-state index contributed by atoms with van der Waals surface area (Å²) in [6.45, 7) is 2.03. The molecule has 4 aromatic rings. The molecule has 2 heterocycles. The van der Waals surface area contributed by atoms with Crippen LogP contribution in [0.25, 0.3) is 31.8 Å². The Bertz CT molecular complexity index is 1060. The third-order valence-electron chi connectivity index (χ3n) is 3.72. The lowest BCUT2D eigenvalue weighted by Crippen LogP contribution is -1.93. The molecule has 119 valence electrons. The lowest BCUT2D eigenvalue weighted by molar-refractivity contribution is 0.397. The molecule has 0 aliphatic rings. The van der Waals surface area contributed by atoms with Crippen molar-refractivity contribution in [3.8, 4) is 22.2 Å². The first-order valence-electron chi connectivity index (χ1n) is 7.36. The van der Waals surface area contributed by atoms with Gasteiger partial charge in [-0.15, -0.1) is 11.3 Å². The Labute approximate surface area is 142 Å². The molecule has 0 bridgehead atoms. The van der Waals surface area contributed by atoms with Crippen molar-refractivity contribution in [2.24, 2.45) is 0 Å². The van der Waals surface area contributed by atoms with Crippen molar-refractivity contribution in [1.82, 2.24) is 15.0 Å². The van der Waals surface area contributed by atoms with Crippen molar-refractivity contribution in [2.45, 2.75) is 6.92 Å². The van der Waals surface area contributed by atoms with Gasteiger partial charge in [-0.25, -0.2) is 15.0 Å². The summed E-state index contributed by atoms with van der Waals surface area (Å²) >= 11 is 1.59. The van der Waals surface area contributed by atoms with Crippen LogP contribution in [0.15, 0.2) is 30.5 Å². The predicted molar refractivity (Wildman–Crippen MR) is 94.8 cm³/mol. The highest BCUT2D eigenvalue weighted by molar-refractivity contribution is 7.21. The number of methoxy groups -OCH3 is 2. The molecular formula is C18H14N3O2S. The number of thiazole rings is 1. The van der Waals surface area contributed by atoms with Crippen molar-refractivity contribution in [3.63, 3.8) is 0 Å². The van der Waals surface area contributed by atoms with E-state index < -0.39 is 0 Å². The van der Waals surface area contributed by atoms with Crippen molar-refractivity contribution in [1.29, 1.82) is 0 Å². The number of hydrogen-bond donors (Lipinski definition) is 0. The molecule has 24 heavy (non-hydrogen) atoms. The Morgan fingerprint density at radius 2 is 1.96 bits per heavy atom. The minimum Gasteiger partial charge on any atom is -0.497 e. The van der Waals surface area contributed by atoms with Gasteiger partial charge in [-0.2, -0.15) is 0 Å². The molecule has 5 nitrogen and oxygen atoms in total. The zero-order chi connectivity index (χ0) is 16.7. The van der Waals surface area contributed by atoms with E-state index >= 15 is 0 Å². The van der Waals surface area contributed by atoms with E-state index in [1.807, 2.05) is 19.1 Å². The van der Waals surface area contributed by atoms with Crippen molar-refractivity contribution in [3.05, 3.63) is 42.1 Å². The molecule has 0 unspecified atom stereocenters. The highest BCUT2D eigenvalue weighted by atomic mass is 32.1. The summed E-state index contributed by atoms with van der Waals surface area (Å²) in [6, 6.07) is 11.0. The van der Waals surface area contributed by atoms with Gasteiger partial charge < -0.3 is 9.47 Å². The quantitative estimate of drug-likeness (QED) is 0.565. The first-order valence-corrected chi connectivity index (χ1v) is 8.17. The summed E-state index contributed by atoms with van der Waals surface area (Å²) in [5.41, 5.74) is 4.50. The molecule has 2 aromatic carbocycles. The van der Waals surface area contributed by atoms with E-state index in [0.717, 1.165) is 43.1 Å². The summed E-state index contributed by atoms with van der Waals surface area (Å²) in [5.74, 6) is 1.28. The maximum Gasteiger partial charge on any atom is 0.232 e. The van der Waals surface area contributed by atoms with Gasteiger partial charge in [0.15, 0.2) is 0 Å². The topological polar surface area (TPSA) is 57.1 Å². The molecule has 0 N–H and O–H groups in total. The number of nitrogens with zero attached hydrogens (tertiary/aromatic N) is 3. The van der Waals surface area contributed by atoms with E-state index in [1.165, 1.54) is 0 Å². The van der Waals surface area contributed by atoms with Gasteiger partial charge in [0, 0.05) is 11.6 Å². The van der Waals surface area contributed by atoms with Crippen LogP contribution in [0, 0.1) is 13.0 Å². The predicted octanol–water partition coefficient (Wildman–Crippen LogP) is 4.03. The molecule has 4 rings (SSSR count). The number of fused-ring (bicyclic) bond motifs is 2. The lowest BCUT2D eigenvalue weighted by atomic mass is 10.1. The maximum atomic E-state index is 5.26. The van der Waals surface area contributed by atoms with E-state index in [-0.39, 0.29) is 0 Å². The van der Waals surface area contributed by atoms with E-state index in [1.54, 1.807) is 37.8 Å². The highest BCUT2D eigenvalue weighted by Crippen LogP contribution is 2.35. The largest absolute Gasteiger partial charge is 0.497 e. The molecule has 0 atom stereocenters. The van der Waals surface area contributed by atoms with Gasteiger partial charge in [-0.1, -0.05) is 0 Å². The van der Waals surface area contributed by atoms with Gasteiger partial charge in [0.25, 0.3) is 0 Å². The molecule has 6 heteroatoms. The molecule has 0 saturated carbocycles. The van der Waals surface area contributed by atoms with Crippen molar-refractivity contribution >= 4 is 32.6 Å². The zero-order valence-corrected chi connectivity index (χ0v) is 14.3. The number of rotatable bonds is 3. The fourth-order valence-electron chi connectivity index (χ4n) is 2.59. The second-order valence-electron chi connectivity index (χ2n) is 5.36. The maximum absolute atomic E-state index is 5.26. The second kappa shape index (κ2) is 5.72. The molecular weight excluding hydrogens is 322 g/mol. The smallest absolute Gasteiger partial charge is 0.232 e. The van der Waals surface area contributed by atoms with Crippen LogP contribution in [-0.2, 0) is 0 Å². The fourth-order valence-corrected chi connectivity index (χ4v) is 3.57. The van der Waals surface area contributed by atoms with E-state index in [9.17, 15) is 0 Å². The zero-order valence-electron chi connectivity index (χ0n) is 13.5. The Kier molecular flexibility index (Phi) is 3.54. The molecule has 2 aromatic heterocycles. The van der Waals surface area contributed by atoms with Crippen LogP contribution in [0.3, 0.4) is 0 Å². The van der Waals surface area contributed by atoms with Crippen LogP contribution in [0.1, 0.15) is 5.56 Å². The molecule has 1 radical (unpaired) electrons. The molecule has 0 amide bonds. The SMILES string of the molecule is COc1c[c]c2nc(-c3cc(C)cc4nc(OC)cnc34)sc2c1. The average Bonchev–Trinajstić information content (AvgIpc) is 3.03. The van der Waals surface area contributed by atoms with Crippen LogP contribution in [0.5, 0.6) is 11.6 Å². The average molecular weight is 336 g/mol. The highest BCUT2D eigenvalue weighted by Gasteiger charge is 2.13. The standard InChI is InChI=1S/C18H14N3O2S/c1-10-6-12(17-14(7-10)20-16(23-3)9-19-17)18-21-13-5-4-11(22-2)8-15(13)24-18/h4,6-9H,1-3H3. The Hall–Kier alpha value is -2.73. The fraction of sp³-hybridized carbons (Fsp3) is 0.167. The summed E-state index contributed by atoms with van der Waals surface area (Å²) in [5, 5.41) is 0.891. The number of ether oxygens (including phenoxy) is 2. The van der Waals surface area contributed by atoms with Crippen LogP contribution in [0.2, 0.25) is 0 Å². The minimum absolute atomic E-state index is 0.501. The van der Waals surface area contributed by atoms with Crippen LogP contribution < -0.4 is 9.47 Å². The Morgan fingerprint density at radius 3 is 2.75 bits per heavy atom. The lowest BCUT2D eigenvalue weighted by Gasteiger charge is -2.06. The normalized spacial score (nSPS) is 11.1. The third kappa shape index (κ3) is 2.45. The van der Waals surface area contributed by atoms with Gasteiger partial charge in [0.05, 0.1) is 41.7 Å². The number of aromatic nitrogens is 3. The third-order valence-corrected chi connectivity index (χ3v) is 4.76. The summed E-state index contributed by atoms with van der Waals surface area (Å²) in [7, 11) is 3.23. The first kappa shape index (κ1) is 14.8. The summed E-state index contributed by atoms with van der Waals surface area (Å²) in [4.78, 5) is 13.7. The Morgan fingerprint density at radius 1 is 1.08 bits per heavy atom. The van der Waals surface area contributed by atoms with Crippen molar-refractivity contribution < 1.29 is 9.47 Å². The van der Waals surface area contributed by atoms with Crippen LogP contribution >= 0.6 is 11.3 Å². The van der Waals surface area contributed by atoms with Crippen LogP contribution in [-0.4, -0.2) is 29.2 Å². The first-order chi connectivity index (χ1) is 11.7. The minimum atomic E-state index is 0.501. The summed E-state index contributed by atoms with van der Waals surface area (Å²) < 4.78 is 11.5. The van der Waals surface area contributed by atoms with Gasteiger partial charge >= 0.3 is 0 Å². The van der Waals surface area contributed by atoms with E-state index in [4.69, 9.17) is 14.5 Å². The van der Waals surface area contributed by atoms with E-state index in [2.05, 4.69) is 22.1 Å². The number of benzene rings is 2. The summed E-state index contributed by atoms with van der Waals surface area (Å²) in [6.07, 6.45) is 1.63.